The van der Waals surface area contributed by atoms with E-state index >= 15 is 0 Å². The van der Waals surface area contributed by atoms with Crippen LogP contribution in [0.2, 0.25) is 0 Å². The third kappa shape index (κ3) is 3.60. The van der Waals surface area contributed by atoms with Crippen molar-refractivity contribution in [3.05, 3.63) is 0 Å². The molecule has 0 aliphatic carbocycles. The average molecular weight is 192 g/mol. The van der Waals surface area contributed by atoms with E-state index in [-0.39, 0.29) is 12.7 Å². The normalized spacial score (nSPS) is 39.2. The first-order valence-electron chi connectivity index (χ1n) is 4.77. The van der Waals surface area contributed by atoms with Crippen LogP contribution in [-0.2, 0) is 4.74 Å². The van der Waals surface area contributed by atoms with E-state index < -0.39 is 18.3 Å². The number of ether oxygens (including phenoxy) is 1. The fraction of sp³-hybridized carbons (Fsp3) is 1.00. The topological polar surface area (TPSA) is 69.9 Å². The van der Waals surface area contributed by atoms with Crippen LogP contribution in [0.25, 0.3) is 0 Å². The minimum absolute atomic E-state index is 0.103. The summed E-state index contributed by atoms with van der Waals surface area (Å²) < 4.78 is 5.16. The molecular weight excluding hydrogens is 172 g/mol. The zero-order chi connectivity index (χ0) is 10.4. The SMILES string of the molecule is CC.C[C@H]1OC(CO)CC(O)C1O. The molecule has 1 fully saturated rings. The number of hydrogen-bond acceptors (Lipinski definition) is 4. The van der Waals surface area contributed by atoms with Gasteiger partial charge in [0.05, 0.1) is 24.9 Å². The standard InChI is InChI=1S/C7H14O4.C2H6/c1-4-7(10)6(9)2-5(3-8)11-4;1-2/h4-10H,2-3H2,1H3;1-2H3/t4-,5?,6?,7?;/m1./s1. The summed E-state index contributed by atoms with van der Waals surface area (Å²) in [5, 5.41) is 27.1. The van der Waals surface area contributed by atoms with Gasteiger partial charge in [-0.1, -0.05) is 13.8 Å². The summed E-state index contributed by atoms with van der Waals surface area (Å²) in [7, 11) is 0. The van der Waals surface area contributed by atoms with Crippen molar-refractivity contribution in [2.75, 3.05) is 6.61 Å². The maximum absolute atomic E-state index is 9.21. The quantitative estimate of drug-likeness (QED) is 0.543. The lowest BCUT2D eigenvalue weighted by Gasteiger charge is -2.34. The third-order valence-electron chi connectivity index (χ3n) is 1.99. The van der Waals surface area contributed by atoms with E-state index in [0.717, 1.165) is 0 Å². The summed E-state index contributed by atoms with van der Waals surface area (Å²) in [6, 6.07) is 0. The highest BCUT2D eigenvalue weighted by atomic mass is 16.5. The fourth-order valence-corrected chi connectivity index (χ4v) is 1.28. The molecule has 1 heterocycles. The Balaban J connectivity index is 0.000000671. The van der Waals surface area contributed by atoms with Crippen LogP contribution in [0.1, 0.15) is 27.2 Å². The maximum atomic E-state index is 9.21. The van der Waals surface area contributed by atoms with Crippen molar-refractivity contribution in [2.45, 2.75) is 51.6 Å². The van der Waals surface area contributed by atoms with Gasteiger partial charge in [0.25, 0.3) is 0 Å². The largest absolute Gasteiger partial charge is 0.394 e. The van der Waals surface area contributed by atoms with Crippen LogP contribution in [0.3, 0.4) is 0 Å². The van der Waals surface area contributed by atoms with Crippen molar-refractivity contribution in [1.82, 2.24) is 0 Å². The molecule has 0 amide bonds. The maximum Gasteiger partial charge on any atom is 0.106 e. The second-order valence-corrected chi connectivity index (χ2v) is 2.94. The Kier molecular flexibility index (Phi) is 6.24. The molecule has 1 aliphatic rings. The molecule has 1 aliphatic heterocycles. The molecule has 0 saturated carbocycles. The summed E-state index contributed by atoms with van der Waals surface area (Å²) in [5.41, 5.74) is 0. The van der Waals surface area contributed by atoms with Crippen molar-refractivity contribution in [1.29, 1.82) is 0 Å². The van der Waals surface area contributed by atoms with Crippen LogP contribution >= 0.6 is 0 Å². The number of aliphatic hydroxyl groups is 3. The summed E-state index contributed by atoms with van der Waals surface area (Å²) in [6.07, 6.45) is -2.00. The predicted molar refractivity (Wildman–Crippen MR) is 49.4 cm³/mol. The van der Waals surface area contributed by atoms with Crippen LogP contribution in [-0.4, -0.2) is 46.3 Å². The van der Waals surface area contributed by atoms with Crippen molar-refractivity contribution in [2.24, 2.45) is 0 Å². The zero-order valence-corrected chi connectivity index (χ0v) is 8.47. The molecule has 4 heteroatoms. The van der Waals surface area contributed by atoms with Gasteiger partial charge in [0, 0.05) is 6.42 Å². The Morgan fingerprint density at radius 3 is 2.23 bits per heavy atom. The molecule has 0 aromatic heterocycles. The van der Waals surface area contributed by atoms with Gasteiger partial charge in [0.15, 0.2) is 0 Å². The first-order chi connectivity index (χ1) is 6.15. The number of aliphatic hydroxyl groups excluding tert-OH is 3. The first kappa shape index (κ1) is 12.8. The Bertz CT molecular complexity index is 117. The Labute approximate surface area is 79.2 Å². The fourth-order valence-electron chi connectivity index (χ4n) is 1.28. The Morgan fingerprint density at radius 2 is 1.85 bits per heavy atom. The van der Waals surface area contributed by atoms with Crippen LogP contribution in [0, 0.1) is 0 Å². The third-order valence-corrected chi connectivity index (χ3v) is 1.99. The molecule has 0 bridgehead atoms. The van der Waals surface area contributed by atoms with Crippen molar-refractivity contribution in [3.63, 3.8) is 0 Å². The van der Waals surface area contributed by atoms with E-state index in [0.29, 0.717) is 6.42 Å². The summed E-state index contributed by atoms with van der Waals surface area (Å²) in [5.74, 6) is 0. The van der Waals surface area contributed by atoms with Crippen LogP contribution in [0.4, 0.5) is 0 Å². The molecule has 0 aromatic carbocycles. The minimum atomic E-state index is -0.821. The van der Waals surface area contributed by atoms with Crippen molar-refractivity contribution in [3.8, 4) is 0 Å². The molecule has 0 aromatic rings. The van der Waals surface area contributed by atoms with E-state index in [9.17, 15) is 10.2 Å². The molecule has 80 valence electrons. The minimum Gasteiger partial charge on any atom is -0.394 e. The molecule has 4 atom stereocenters. The van der Waals surface area contributed by atoms with Crippen LogP contribution in [0.15, 0.2) is 0 Å². The second-order valence-electron chi connectivity index (χ2n) is 2.94. The lowest BCUT2D eigenvalue weighted by atomic mass is 9.99. The molecule has 1 saturated heterocycles. The highest BCUT2D eigenvalue weighted by Gasteiger charge is 2.33. The van der Waals surface area contributed by atoms with E-state index in [4.69, 9.17) is 9.84 Å². The van der Waals surface area contributed by atoms with E-state index in [1.807, 2.05) is 13.8 Å². The molecule has 4 nitrogen and oxygen atoms in total. The molecule has 3 unspecified atom stereocenters. The number of hydrogen-bond donors (Lipinski definition) is 3. The predicted octanol–water partition coefficient (Wildman–Crippen LogP) is -0.0959. The van der Waals surface area contributed by atoms with Gasteiger partial charge < -0.3 is 20.1 Å². The van der Waals surface area contributed by atoms with Gasteiger partial charge in [0.2, 0.25) is 0 Å². The van der Waals surface area contributed by atoms with Gasteiger partial charge in [0.1, 0.15) is 6.10 Å². The average Bonchev–Trinajstić information content (AvgIpc) is 2.16. The monoisotopic (exact) mass is 192 g/mol. The summed E-state index contributed by atoms with van der Waals surface area (Å²) >= 11 is 0. The van der Waals surface area contributed by atoms with Gasteiger partial charge in [-0.3, -0.25) is 0 Å². The lowest BCUT2D eigenvalue weighted by Crippen LogP contribution is -2.47. The van der Waals surface area contributed by atoms with Crippen LogP contribution in [0.5, 0.6) is 0 Å². The van der Waals surface area contributed by atoms with E-state index in [1.54, 1.807) is 6.92 Å². The van der Waals surface area contributed by atoms with Gasteiger partial charge in [-0.25, -0.2) is 0 Å². The highest BCUT2D eigenvalue weighted by Crippen LogP contribution is 2.19. The summed E-state index contributed by atoms with van der Waals surface area (Å²) in [6.45, 7) is 5.57. The molecule has 3 N–H and O–H groups in total. The second kappa shape index (κ2) is 6.32. The van der Waals surface area contributed by atoms with Crippen molar-refractivity contribution >= 4 is 0 Å². The van der Waals surface area contributed by atoms with E-state index in [2.05, 4.69) is 0 Å². The van der Waals surface area contributed by atoms with Gasteiger partial charge in [-0.05, 0) is 6.92 Å². The Morgan fingerprint density at radius 1 is 1.31 bits per heavy atom. The molecule has 1 rings (SSSR count). The smallest absolute Gasteiger partial charge is 0.106 e. The van der Waals surface area contributed by atoms with Gasteiger partial charge >= 0.3 is 0 Å². The van der Waals surface area contributed by atoms with Gasteiger partial charge in [-0.15, -0.1) is 0 Å². The highest BCUT2D eigenvalue weighted by molar-refractivity contribution is 4.82. The molecule has 13 heavy (non-hydrogen) atoms. The lowest BCUT2D eigenvalue weighted by molar-refractivity contribution is -0.170. The zero-order valence-electron chi connectivity index (χ0n) is 8.47. The summed E-state index contributed by atoms with van der Waals surface area (Å²) in [4.78, 5) is 0. The van der Waals surface area contributed by atoms with Crippen molar-refractivity contribution < 1.29 is 20.1 Å². The molecule has 0 spiro atoms. The van der Waals surface area contributed by atoms with Crippen LogP contribution < -0.4 is 0 Å². The molecule has 0 radical (unpaired) electrons. The first-order valence-corrected chi connectivity index (χ1v) is 4.77. The molecular formula is C9H20O4. The van der Waals surface area contributed by atoms with E-state index in [1.165, 1.54) is 0 Å². The number of rotatable bonds is 1. The van der Waals surface area contributed by atoms with Gasteiger partial charge in [-0.2, -0.15) is 0 Å². The Hall–Kier alpha value is -0.160.